The van der Waals surface area contributed by atoms with Crippen LogP contribution in [0.3, 0.4) is 0 Å². The molecule has 4 aromatic rings. The molecule has 0 bridgehead atoms. The Labute approximate surface area is 241 Å². The zero-order chi connectivity index (χ0) is 27.1. The van der Waals surface area contributed by atoms with Crippen LogP contribution in [-0.4, -0.2) is 40.0 Å². The number of halogens is 2. The second-order valence-electron chi connectivity index (χ2n) is 10.1. The van der Waals surface area contributed by atoms with E-state index in [1.54, 1.807) is 0 Å². The van der Waals surface area contributed by atoms with Crippen molar-refractivity contribution in [1.29, 1.82) is 0 Å². The van der Waals surface area contributed by atoms with E-state index in [0.717, 1.165) is 65.4 Å². The summed E-state index contributed by atoms with van der Waals surface area (Å²) in [7, 11) is 2.07. The zero-order valence-corrected chi connectivity index (χ0v) is 25.5. The number of benzene rings is 2. The molecule has 0 atom stereocenters. The zero-order valence-electron chi connectivity index (χ0n) is 22.3. The minimum atomic E-state index is 0.130. The van der Waals surface area contributed by atoms with Gasteiger partial charge in [0.25, 0.3) is 0 Å². The second-order valence-corrected chi connectivity index (χ2v) is 11.9. The number of aryl methyl sites for hydroxylation is 2. The van der Waals surface area contributed by atoms with Gasteiger partial charge < -0.3 is 9.13 Å². The van der Waals surface area contributed by atoms with Crippen LogP contribution in [-0.2, 0) is 4.79 Å². The number of nitrogens with zero attached hydrogens (tertiary/aromatic N) is 3. The van der Waals surface area contributed by atoms with E-state index in [1.165, 1.54) is 0 Å². The summed E-state index contributed by atoms with van der Waals surface area (Å²) in [5.74, 6) is 0.130. The lowest BCUT2D eigenvalue weighted by atomic mass is 9.94. The third-order valence-corrected chi connectivity index (χ3v) is 8.29. The van der Waals surface area contributed by atoms with Gasteiger partial charge in [-0.1, -0.05) is 31.9 Å². The van der Waals surface area contributed by atoms with Crippen molar-refractivity contribution in [1.82, 2.24) is 14.0 Å². The molecule has 194 valence electrons. The molecule has 2 aromatic carbocycles. The summed E-state index contributed by atoms with van der Waals surface area (Å²) in [6, 6.07) is 21.0. The summed E-state index contributed by atoms with van der Waals surface area (Å²) in [5.41, 5.74) is 10.6. The van der Waals surface area contributed by atoms with Crippen LogP contribution in [0.15, 0.2) is 80.8 Å². The first-order chi connectivity index (χ1) is 18.1. The number of ketones is 1. The molecule has 1 fully saturated rings. The summed E-state index contributed by atoms with van der Waals surface area (Å²) in [6.07, 6.45) is 4.16. The molecule has 38 heavy (non-hydrogen) atoms. The Morgan fingerprint density at radius 3 is 1.39 bits per heavy atom. The van der Waals surface area contributed by atoms with Crippen molar-refractivity contribution in [3.8, 4) is 11.4 Å². The third-order valence-electron chi connectivity index (χ3n) is 7.23. The topological polar surface area (TPSA) is 30.2 Å². The molecule has 6 heteroatoms. The Morgan fingerprint density at radius 2 is 1.03 bits per heavy atom. The molecule has 0 radical (unpaired) electrons. The van der Waals surface area contributed by atoms with Gasteiger partial charge >= 0.3 is 0 Å². The molecular formula is C32H31Br2N3O. The largest absolute Gasteiger partial charge is 0.318 e. The van der Waals surface area contributed by atoms with E-state index in [-0.39, 0.29) is 5.78 Å². The molecule has 0 N–H and O–H groups in total. The van der Waals surface area contributed by atoms with Gasteiger partial charge in [-0.2, -0.15) is 0 Å². The SMILES string of the molecule is Cc1cc(/C=C2/CN(C)C/C(=C\c3cc(C)n(-c4ccc(Br)cc4)c3C)C2=O)c(C)n1-c1ccc(Br)cc1. The highest BCUT2D eigenvalue weighted by Crippen LogP contribution is 2.29. The van der Waals surface area contributed by atoms with Gasteiger partial charge in [0.15, 0.2) is 5.78 Å². The monoisotopic (exact) mass is 631 g/mol. The number of likely N-dealkylation sites (tertiary alicyclic amines) is 1. The normalized spacial score (nSPS) is 16.7. The van der Waals surface area contributed by atoms with E-state index in [4.69, 9.17) is 0 Å². The molecule has 0 spiro atoms. The minimum Gasteiger partial charge on any atom is -0.318 e. The molecule has 5 rings (SSSR count). The minimum absolute atomic E-state index is 0.130. The number of hydrogen-bond donors (Lipinski definition) is 0. The van der Waals surface area contributed by atoms with Crippen LogP contribution in [0, 0.1) is 27.7 Å². The highest BCUT2D eigenvalue weighted by Gasteiger charge is 2.25. The van der Waals surface area contributed by atoms with Crippen LogP contribution in [0.4, 0.5) is 0 Å². The van der Waals surface area contributed by atoms with Crippen LogP contribution >= 0.6 is 31.9 Å². The van der Waals surface area contributed by atoms with Crippen molar-refractivity contribution in [2.45, 2.75) is 27.7 Å². The van der Waals surface area contributed by atoms with Gasteiger partial charge in [0, 0.05) is 67.3 Å². The van der Waals surface area contributed by atoms with E-state index in [0.29, 0.717) is 13.1 Å². The number of piperidine rings is 1. The van der Waals surface area contributed by atoms with E-state index < -0.39 is 0 Å². The van der Waals surface area contributed by atoms with E-state index >= 15 is 0 Å². The molecule has 1 aliphatic rings. The van der Waals surface area contributed by atoms with E-state index in [1.807, 2.05) is 0 Å². The van der Waals surface area contributed by atoms with Gasteiger partial charge in [0.2, 0.25) is 0 Å². The maximum Gasteiger partial charge on any atom is 0.187 e. The highest BCUT2D eigenvalue weighted by atomic mass is 79.9. The molecular weight excluding hydrogens is 602 g/mol. The predicted molar refractivity (Wildman–Crippen MR) is 164 cm³/mol. The van der Waals surface area contributed by atoms with Crippen LogP contribution in [0.25, 0.3) is 23.5 Å². The third kappa shape index (κ3) is 5.18. The van der Waals surface area contributed by atoms with Gasteiger partial charge in [0.1, 0.15) is 0 Å². The van der Waals surface area contributed by atoms with Crippen molar-refractivity contribution in [3.63, 3.8) is 0 Å². The lowest BCUT2D eigenvalue weighted by molar-refractivity contribution is -0.113. The number of aromatic nitrogens is 2. The summed E-state index contributed by atoms with van der Waals surface area (Å²) in [4.78, 5) is 15.9. The van der Waals surface area contributed by atoms with Crippen LogP contribution in [0.2, 0.25) is 0 Å². The molecule has 1 saturated heterocycles. The standard InChI is InChI=1S/C32H31Br2N3O/c1-20-14-24(22(3)36(20)30-10-6-28(33)7-11-30)16-26-18-35(5)19-27(32(26)38)17-25-15-21(2)37(23(25)4)31-12-8-29(34)9-13-31/h6-17H,18-19H2,1-5H3/b26-16-,27-17+. The molecule has 0 saturated carbocycles. The van der Waals surface area contributed by atoms with Gasteiger partial charge in [-0.15, -0.1) is 0 Å². The number of carbonyl (C=O) groups is 1. The average molecular weight is 633 g/mol. The van der Waals surface area contributed by atoms with Crippen molar-refractivity contribution in [2.75, 3.05) is 20.1 Å². The predicted octanol–water partition coefficient (Wildman–Crippen LogP) is 8.01. The van der Waals surface area contributed by atoms with Gasteiger partial charge in [-0.3, -0.25) is 9.69 Å². The maximum absolute atomic E-state index is 13.7. The second kappa shape index (κ2) is 10.7. The molecule has 3 heterocycles. The molecule has 0 aliphatic carbocycles. The van der Waals surface area contributed by atoms with Crippen molar-refractivity contribution in [2.24, 2.45) is 0 Å². The van der Waals surface area contributed by atoms with Gasteiger partial charge in [-0.05, 0) is 119 Å². The fourth-order valence-electron chi connectivity index (χ4n) is 5.43. The summed E-state index contributed by atoms with van der Waals surface area (Å²) < 4.78 is 6.59. The number of hydrogen-bond acceptors (Lipinski definition) is 2. The van der Waals surface area contributed by atoms with E-state index in [2.05, 4.69) is 153 Å². The van der Waals surface area contributed by atoms with Crippen molar-refractivity contribution < 1.29 is 4.79 Å². The highest BCUT2D eigenvalue weighted by molar-refractivity contribution is 9.10. The average Bonchev–Trinajstić information content (AvgIpc) is 3.31. The Morgan fingerprint density at radius 1 is 0.658 bits per heavy atom. The molecule has 2 aromatic heterocycles. The number of Topliss-reactive ketones (excluding diaryl/α,β-unsaturated/α-hetero) is 1. The maximum atomic E-state index is 13.7. The summed E-state index contributed by atoms with van der Waals surface area (Å²) in [6.45, 7) is 9.72. The summed E-state index contributed by atoms with van der Waals surface area (Å²) >= 11 is 7.04. The smallest absolute Gasteiger partial charge is 0.187 e. The van der Waals surface area contributed by atoms with Gasteiger partial charge in [0.05, 0.1) is 0 Å². The first-order valence-electron chi connectivity index (χ1n) is 12.7. The number of rotatable bonds is 4. The number of likely N-dealkylation sites (N-methyl/N-ethyl adjacent to an activating group) is 1. The van der Waals surface area contributed by atoms with Crippen LogP contribution < -0.4 is 0 Å². The molecule has 0 amide bonds. The van der Waals surface area contributed by atoms with Crippen LogP contribution in [0.1, 0.15) is 33.9 Å². The Balaban J connectivity index is 1.49. The quantitative estimate of drug-likeness (QED) is 0.213. The molecule has 0 unspecified atom stereocenters. The first-order valence-corrected chi connectivity index (χ1v) is 14.2. The van der Waals surface area contributed by atoms with Gasteiger partial charge in [-0.25, -0.2) is 0 Å². The number of carbonyl (C=O) groups excluding carboxylic acids is 1. The lowest BCUT2D eigenvalue weighted by Crippen LogP contribution is -2.34. The fourth-order valence-corrected chi connectivity index (χ4v) is 5.96. The molecule has 4 nitrogen and oxygen atoms in total. The van der Waals surface area contributed by atoms with Crippen molar-refractivity contribution >= 4 is 49.8 Å². The Hall–Kier alpha value is -2.93. The molecule has 1 aliphatic heterocycles. The Bertz CT molecular complexity index is 1470. The van der Waals surface area contributed by atoms with Crippen molar-refractivity contribution in [3.05, 3.63) is 115 Å². The first kappa shape index (κ1) is 26.7. The summed E-state index contributed by atoms with van der Waals surface area (Å²) in [5, 5.41) is 0. The van der Waals surface area contributed by atoms with Crippen LogP contribution in [0.5, 0.6) is 0 Å². The lowest BCUT2D eigenvalue weighted by Gasteiger charge is -2.26. The fraction of sp³-hybridized carbons (Fsp3) is 0.219. The Kier molecular flexibility index (Phi) is 7.49. The van der Waals surface area contributed by atoms with E-state index in [9.17, 15) is 4.79 Å².